The molecule has 190 valence electrons. The molecule has 2 fully saturated rings. The zero-order valence-electron chi connectivity index (χ0n) is 21.5. The molecule has 2 aromatic rings. The highest BCUT2D eigenvalue weighted by Gasteiger charge is 2.25. The molecule has 1 aromatic heterocycles. The van der Waals surface area contributed by atoms with Crippen molar-refractivity contribution in [2.75, 3.05) is 68.6 Å². The number of carbonyl (C=O) groups is 1. The van der Waals surface area contributed by atoms with Crippen molar-refractivity contribution in [2.45, 2.75) is 39.7 Å². The van der Waals surface area contributed by atoms with Crippen LogP contribution in [0, 0.1) is 12.8 Å². The summed E-state index contributed by atoms with van der Waals surface area (Å²) in [4.78, 5) is 21.9. The van der Waals surface area contributed by atoms with E-state index in [4.69, 9.17) is 14.5 Å². The number of rotatable bonds is 8. The molecule has 0 radical (unpaired) electrons. The van der Waals surface area contributed by atoms with Crippen LogP contribution in [0.2, 0.25) is 0 Å². The Labute approximate surface area is 209 Å². The van der Waals surface area contributed by atoms with Gasteiger partial charge in [-0.1, -0.05) is 19.4 Å². The SMILES string of the molecule is CC[C@@H]1CCN(C(=O)Nc2ccc(C)c(-c3cc(NC[C@H](C)OC)nc(N4CCOCC4)c3)c2)C1. The van der Waals surface area contributed by atoms with Crippen LogP contribution in [0.25, 0.3) is 11.1 Å². The smallest absolute Gasteiger partial charge is 0.321 e. The summed E-state index contributed by atoms with van der Waals surface area (Å²) in [5, 5.41) is 6.55. The molecule has 0 saturated carbocycles. The first-order valence-electron chi connectivity index (χ1n) is 12.7. The maximum atomic E-state index is 12.9. The summed E-state index contributed by atoms with van der Waals surface area (Å²) < 4.78 is 10.9. The molecule has 0 unspecified atom stereocenters. The van der Waals surface area contributed by atoms with Crippen LogP contribution < -0.4 is 15.5 Å². The molecular weight excluding hydrogens is 442 g/mol. The summed E-state index contributed by atoms with van der Waals surface area (Å²) in [5.74, 6) is 2.34. The Morgan fingerprint density at radius 3 is 2.74 bits per heavy atom. The van der Waals surface area contributed by atoms with Crippen molar-refractivity contribution < 1.29 is 14.3 Å². The van der Waals surface area contributed by atoms with Gasteiger partial charge in [-0.3, -0.25) is 0 Å². The number of benzene rings is 1. The van der Waals surface area contributed by atoms with Gasteiger partial charge in [0.25, 0.3) is 0 Å². The van der Waals surface area contributed by atoms with Gasteiger partial charge in [-0.15, -0.1) is 0 Å². The van der Waals surface area contributed by atoms with E-state index in [9.17, 15) is 4.79 Å². The summed E-state index contributed by atoms with van der Waals surface area (Å²) >= 11 is 0. The number of nitrogens with one attached hydrogen (secondary N) is 2. The average Bonchev–Trinajstić information content (AvgIpc) is 3.38. The predicted molar refractivity (Wildman–Crippen MR) is 141 cm³/mol. The summed E-state index contributed by atoms with van der Waals surface area (Å²) in [6, 6.07) is 10.3. The lowest BCUT2D eigenvalue weighted by Crippen LogP contribution is -2.36. The Morgan fingerprint density at radius 1 is 1.23 bits per heavy atom. The van der Waals surface area contributed by atoms with E-state index in [1.807, 2.05) is 17.9 Å². The number of urea groups is 1. The van der Waals surface area contributed by atoms with Crippen LogP contribution in [0.15, 0.2) is 30.3 Å². The van der Waals surface area contributed by atoms with Gasteiger partial charge < -0.3 is 29.9 Å². The van der Waals surface area contributed by atoms with Crippen molar-refractivity contribution in [3.05, 3.63) is 35.9 Å². The molecule has 1 aromatic carbocycles. The van der Waals surface area contributed by atoms with Crippen LogP contribution in [0.5, 0.6) is 0 Å². The Morgan fingerprint density at radius 2 is 2.03 bits per heavy atom. The number of hydrogen-bond donors (Lipinski definition) is 2. The fourth-order valence-corrected chi connectivity index (χ4v) is 4.61. The van der Waals surface area contributed by atoms with Crippen LogP contribution in [0.4, 0.5) is 22.1 Å². The van der Waals surface area contributed by atoms with Gasteiger partial charge >= 0.3 is 6.03 Å². The molecule has 2 aliphatic heterocycles. The zero-order chi connectivity index (χ0) is 24.8. The van der Waals surface area contributed by atoms with Gasteiger partial charge in [0.15, 0.2) is 0 Å². The van der Waals surface area contributed by atoms with Gasteiger partial charge in [0, 0.05) is 45.5 Å². The molecule has 3 heterocycles. The van der Waals surface area contributed by atoms with Crippen molar-refractivity contribution >= 4 is 23.4 Å². The molecule has 35 heavy (non-hydrogen) atoms. The van der Waals surface area contributed by atoms with E-state index in [1.165, 1.54) is 0 Å². The molecule has 0 aliphatic carbocycles. The van der Waals surface area contributed by atoms with E-state index >= 15 is 0 Å². The Bertz CT molecular complexity index is 1010. The number of aromatic nitrogens is 1. The van der Waals surface area contributed by atoms with E-state index in [-0.39, 0.29) is 12.1 Å². The number of morpholine rings is 1. The fourth-order valence-electron chi connectivity index (χ4n) is 4.61. The number of nitrogens with zero attached hydrogens (tertiary/aromatic N) is 3. The molecule has 4 rings (SSSR count). The minimum Gasteiger partial charge on any atom is -0.380 e. The first-order valence-corrected chi connectivity index (χ1v) is 12.7. The first-order chi connectivity index (χ1) is 17.0. The molecule has 8 nitrogen and oxygen atoms in total. The second-order valence-corrected chi connectivity index (χ2v) is 9.59. The average molecular weight is 482 g/mol. The van der Waals surface area contributed by atoms with Crippen LogP contribution >= 0.6 is 0 Å². The minimum atomic E-state index is -0.0182. The number of carbonyl (C=O) groups excluding carboxylic acids is 1. The number of anilines is 3. The molecule has 8 heteroatoms. The highest BCUT2D eigenvalue weighted by molar-refractivity contribution is 5.91. The first kappa shape index (κ1) is 25.3. The standard InChI is InChI=1S/C27H39N5O3/c1-5-21-8-9-32(18-21)27(33)29-23-7-6-19(2)24(16-23)22-14-25(28-17-20(3)34-4)30-26(15-22)31-10-12-35-13-11-31/h6-7,14-16,20-21H,5,8-13,17-18H2,1-4H3,(H,28,30)(H,29,33)/t20-,21+/m0/s1. The largest absolute Gasteiger partial charge is 0.380 e. The van der Waals surface area contributed by atoms with Crippen LogP contribution in [0.3, 0.4) is 0 Å². The number of amides is 2. The van der Waals surface area contributed by atoms with Crippen molar-refractivity contribution in [1.82, 2.24) is 9.88 Å². The third-order valence-electron chi connectivity index (χ3n) is 7.07. The number of ether oxygens (including phenoxy) is 2. The van der Waals surface area contributed by atoms with Gasteiger partial charge in [0.2, 0.25) is 0 Å². The number of likely N-dealkylation sites (tertiary alicyclic amines) is 1. The lowest BCUT2D eigenvalue weighted by atomic mass is 10.00. The summed E-state index contributed by atoms with van der Waals surface area (Å²) in [6.07, 6.45) is 2.28. The topological polar surface area (TPSA) is 79.0 Å². The number of hydrogen-bond acceptors (Lipinski definition) is 6. The Kier molecular flexibility index (Phi) is 8.46. The summed E-state index contributed by atoms with van der Waals surface area (Å²) in [7, 11) is 1.71. The lowest BCUT2D eigenvalue weighted by molar-refractivity contribution is 0.122. The van der Waals surface area contributed by atoms with Crippen molar-refractivity contribution in [3.63, 3.8) is 0 Å². The second-order valence-electron chi connectivity index (χ2n) is 9.59. The van der Waals surface area contributed by atoms with Gasteiger partial charge in [0.05, 0.1) is 19.3 Å². The Balaban J connectivity index is 1.60. The van der Waals surface area contributed by atoms with Crippen LogP contribution in [0.1, 0.15) is 32.3 Å². The molecule has 2 atom stereocenters. The number of aryl methyl sites for hydroxylation is 1. The highest BCUT2D eigenvalue weighted by atomic mass is 16.5. The number of methoxy groups -OCH3 is 1. The molecule has 2 aliphatic rings. The van der Waals surface area contributed by atoms with Gasteiger partial charge in [0.1, 0.15) is 11.6 Å². The van der Waals surface area contributed by atoms with E-state index < -0.39 is 0 Å². The van der Waals surface area contributed by atoms with Gasteiger partial charge in [-0.05, 0) is 67.1 Å². The highest BCUT2D eigenvalue weighted by Crippen LogP contribution is 2.32. The molecule has 0 bridgehead atoms. The Hall–Kier alpha value is -2.84. The third-order valence-corrected chi connectivity index (χ3v) is 7.07. The van der Waals surface area contributed by atoms with Crippen LogP contribution in [-0.4, -0.2) is 75.1 Å². The zero-order valence-corrected chi connectivity index (χ0v) is 21.5. The van der Waals surface area contributed by atoms with E-state index in [0.29, 0.717) is 25.7 Å². The molecule has 2 amide bonds. The van der Waals surface area contributed by atoms with Crippen LogP contribution in [-0.2, 0) is 9.47 Å². The maximum absolute atomic E-state index is 12.9. The quantitative estimate of drug-likeness (QED) is 0.574. The lowest BCUT2D eigenvalue weighted by Gasteiger charge is -2.29. The van der Waals surface area contributed by atoms with Gasteiger partial charge in [-0.2, -0.15) is 0 Å². The molecule has 0 spiro atoms. The molecule has 2 N–H and O–H groups in total. The number of pyridine rings is 1. The van der Waals surface area contributed by atoms with Crippen molar-refractivity contribution in [3.8, 4) is 11.1 Å². The summed E-state index contributed by atoms with van der Waals surface area (Å²) in [6.45, 7) is 11.7. The van der Waals surface area contributed by atoms with Gasteiger partial charge in [-0.25, -0.2) is 9.78 Å². The predicted octanol–water partition coefficient (Wildman–Crippen LogP) is 4.60. The molecule has 2 saturated heterocycles. The molecular formula is C27H39N5O3. The van der Waals surface area contributed by atoms with Crippen molar-refractivity contribution in [1.29, 1.82) is 0 Å². The van der Waals surface area contributed by atoms with E-state index in [2.05, 4.69) is 53.6 Å². The third kappa shape index (κ3) is 6.44. The summed E-state index contributed by atoms with van der Waals surface area (Å²) in [5.41, 5.74) is 4.10. The van der Waals surface area contributed by atoms with E-state index in [0.717, 1.165) is 73.0 Å². The van der Waals surface area contributed by atoms with Crippen molar-refractivity contribution in [2.24, 2.45) is 5.92 Å². The second kappa shape index (κ2) is 11.7. The maximum Gasteiger partial charge on any atom is 0.321 e. The fraction of sp³-hybridized carbons (Fsp3) is 0.556. The van der Waals surface area contributed by atoms with E-state index in [1.54, 1.807) is 7.11 Å². The monoisotopic (exact) mass is 481 g/mol. The minimum absolute atomic E-state index is 0.0182. The normalized spacial score (nSPS) is 19.0.